The molecule has 4 rings (SSSR count). The van der Waals surface area contributed by atoms with Gasteiger partial charge in [-0.25, -0.2) is 17.2 Å². The SMILES string of the molecule is O=C(C1CCN(S(=O)(=O)c2c(Cl)cccc2Cl)CC1)N1CCCc2c(F)cc(F)cc21. The van der Waals surface area contributed by atoms with Gasteiger partial charge in [-0.15, -0.1) is 0 Å². The van der Waals surface area contributed by atoms with E-state index < -0.39 is 27.6 Å². The minimum Gasteiger partial charge on any atom is -0.312 e. The molecule has 5 nitrogen and oxygen atoms in total. The number of carbonyl (C=O) groups is 1. The predicted octanol–water partition coefficient (Wildman–Crippen LogP) is 4.65. The van der Waals surface area contributed by atoms with E-state index in [0.29, 0.717) is 37.8 Å². The number of sulfonamides is 1. The van der Waals surface area contributed by atoms with Crippen LogP contribution in [0.4, 0.5) is 14.5 Å². The zero-order chi connectivity index (χ0) is 22.3. The zero-order valence-electron chi connectivity index (χ0n) is 16.5. The van der Waals surface area contributed by atoms with E-state index in [-0.39, 0.29) is 39.6 Å². The van der Waals surface area contributed by atoms with Crippen LogP contribution in [0.3, 0.4) is 0 Å². The first-order valence-electron chi connectivity index (χ1n) is 9.93. The second-order valence-electron chi connectivity index (χ2n) is 7.71. The Hall–Kier alpha value is -1.74. The van der Waals surface area contributed by atoms with Crippen molar-refractivity contribution >= 4 is 44.8 Å². The maximum absolute atomic E-state index is 14.1. The summed E-state index contributed by atoms with van der Waals surface area (Å²) >= 11 is 12.2. The van der Waals surface area contributed by atoms with E-state index in [1.807, 2.05) is 0 Å². The number of halogens is 4. The average Bonchev–Trinajstić information content (AvgIpc) is 2.72. The molecule has 1 saturated heterocycles. The third-order valence-electron chi connectivity index (χ3n) is 5.82. The number of rotatable bonds is 3. The van der Waals surface area contributed by atoms with Gasteiger partial charge in [-0.3, -0.25) is 4.79 Å². The van der Waals surface area contributed by atoms with Gasteiger partial charge in [0.15, 0.2) is 0 Å². The minimum atomic E-state index is -3.91. The molecule has 10 heteroatoms. The summed E-state index contributed by atoms with van der Waals surface area (Å²) in [5.41, 5.74) is 0.612. The Labute approximate surface area is 189 Å². The lowest BCUT2D eigenvalue weighted by molar-refractivity contribution is -0.123. The van der Waals surface area contributed by atoms with Gasteiger partial charge in [0.05, 0.1) is 15.7 Å². The summed E-state index contributed by atoms with van der Waals surface area (Å²) in [6.45, 7) is 0.624. The Kier molecular flexibility index (Phi) is 6.27. The van der Waals surface area contributed by atoms with E-state index in [2.05, 4.69) is 0 Å². The first-order valence-corrected chi connectivity index (χ1v) is 12.1. The van der Waals surface area contributed by atoms with Crippen LogP contribution in [0.15, 0.2) is 35.2 Å². The van der Waals surface area contributed by atoms with Crippen LogP contribution in [-0.4, -0.2) is 38.3 Å². The lowest BCUT2D eigenvalue weighted by atomic mass is 9.93. The maximum atomic E-state index is 14.1. The zero-order valence-corrected chi connectivity index (χ0v) is 18.8. The molecule has 31 heavy (non-hydrogen) atoms. The number of hydrogen-bond acceptors (Lipinski definition) is 3. The molecule has 0 atom stereocenters. The average molecular weight is 489 g/mol. The number of benzene rings is 2. The van der Waals surface area contributed by atoms with Crippen molar-refractivity contribution in [2.45, 2.75) is 30.6 Å². The summed E-state index contributed by atoms with van der Waals surface area (Å²) in [6.07, 6.45) is 1.62. The van der Waals surface area contributed by atoms with Crippen molar-refractivity contribution in [2.24, 2.45) is 5.92 Å². The van der Waals surface area contributed by atoms with Gasteiger partial charge in [0.1, 0.15) is 16.5 Å². The van der Waals surface area contributed by atoms with Gasteiger partial charge in [0, 0.05) is 37.2 Å². The number of carbonyl (C=O) groups excluding carboxylic acids is 1. The molecule has 2 aliphatic rings. The predicted molar refractivity (Wildman–Crippen MR) is 115 cm³/mol. The topological polar surface area (TPSA) is 57.7 Å². The molecule has 0 aromatic heterocycles. The highest BCUT2D eigenvalue weighted by atomic mass is 35.5. The third kappa shape index (κ3) is 4.18. The summed E-state index contributed by atoms with van der Waals surface area (Å²) in [5, 5.41) is 0.0827. The highest BCUT2D eigenvalue weighted by Crippen LogP contribution is 2.35. The molecule has 1 fully saturated rings. The lowest BCUT2D eigenvalue weighted by Crippen LogP contribution is -2.46. The molecule has 2 aromatic carbocycles. The van der Waals surface area contributed by atoms with Gasteiger partial charge in [0.25, 0.3) is 0 Å². The van der Waals surface area contributed by atoms with Crippen LogP contribution in [0.5, 0.6) is 0 Å². The van der Waals surface area contributed by atoms with Crippen LogP contribution >= 0.6 is 23.2 Å². The molecule has 2 aliphatic heterocycles. The van der Waals surface area contributed by atoms with Gasteiger partial charge in [-0.2, -0.15) is 4.31 Å². The van der Waals surface area contributed by atoms with Crippen LogP contribution in [-0.2, 0) is 21.2 Å². The van der Waals surface area contributed by atoms with Crippen molar-refractivity contribution in [1.29, 1.82) is 0 Å². The molecule has 0 aliphatic carbocycles. The molecule has 2 heterocycles. The Morgan fingerprint density at radius 2 is 1.68 bits per heavy atom. The van der Waals surface area contributed by atoms with Gasteiger partial charge in [0.2, 0.25) is 15.9 Å². The fourth-order valence-corrected chi connectivity index (χ4v) is 6.82. The smallest absolute Gasteiger partial charge is 0.246 e. The maximum Gasteiger partial charge on any atom is 0.246 e. The summed E-state index contributed by atoms with van der Waals surface area (Å²) < 4.78 is 55.2. The second-order valence-corrected chi connectivity index (χ2v) is 10.4. The Balaban J connectivity index is 1.51. The van der Waals surface area contributed by atoms with E-state index in [4.69, 9.17) is 23.2 Å². The second kappa shape index (κ2) is 8.65. The lowest BCUT2D eigenvalue weighted by Gasteiger charge is -2.36. The third-order valence-corrected chi connectivity index (χ3v) is 8.68. The van der Waals surface area contributed by atoms with Crippen LogP contribution < -0.4 is 4.90 Å². The number of amides is 1. The largest absolute Gasteiger partial charge is 0.312 e. The van der Waals surface area contributed by atoms with Crippen LogP contribution in [0.1, 0.15) is 24.8 Å². The van der Waals surface area contributed by atoms with Crippen molar-refractivity contribution in [1.82, 2.24) is 4.31 Å². The van der Waals surface area contributed by atoms with Gasteiger partial charge >= 0.3 is 0 Å². The molecule has 166 valence electrons. The Bertz CT molecular complexity index is 1120. The molecule has 0 saturated carbocycles. The van der Waals surface area contributed by atoms with Crippen LogP contribution in [0, 0.1) is 17.6 Å². The van der Waals surface area contributed by atoms with Crippen molar-refractivity contribution in [2.75, 3.05) is 24.5 Å². The van der Waals surface area contributed by atoms with Crippen LogP contribution in [0.25, 0.3) is 0 Å². The first kappa shape index (κ1) is 22.5. The van der Waals surface area contributed by atoms with E-state index in [0.717, 1.165) is 6.07 Å². The first-order chi connectivity index (χ1) is 14.7. The molecule has 0 spiro atoms. The quantitative estimate of drug-likeness (QED) is 0.631. The molecule has 0 radical (unpaired) electrons. The number of piperidine rings is 1. The van der Waals surface area contributed by atoms with Crippen molar-refractivity contribution in [3.63, 3.8) is 0 Å². The summed E-state index contributed by atoms with van der Waals surface area (Å²) in [6, 6.07) is 6.51. The number of anilines is 1. The Morgan fingerprint density at radius 3 is 2.32 bits per heavy atom. The van der Waals surface area contributed by atoms with Gasteiger partial charge in [-0.05, 0) is 43.9 Å². The molecular weight excluding hydrogens is 469 g/mol. The molecule has 2 aromatic rings. The summed E-state index contributed by atoms with van der Waals surface area (Å²) in [7, 11) is -3.91. The van der Waals surface area contributed by atoms with E-state index in [1.54, 1.807) is 6.07 Å². The molecule has 0 unspecified atom stereocenters. The normalized spacial score (nSPS) is 18.1. The minimum absolute atomic E-state index is 0.0414. The molecule has 0 bridgehead atoms. The molecule has 0 N–H and O–H groups in total. The summed E-state index contributed by atoms with van der Waals surface area (Å²) in [5.74, 6) is -2.05. The summed E-state index contributed by atoms with van der Waals surface area (Å²) in [4.78, 5) is 14.4. The monoisotopic (exact) mass is 488 g/mol. The van der Waals surface area contributed by atoms with E-state index in [9.17, 15) is 22.0 Å². The molecular formula is C21H20Cl2F2N2O3S. The fourth-order valence-electron chi connectivity index (χ4n) is 4.26. The standard InChI is InChI=1S/C21H20Cl2F2N2O3S/c22-16-4-1-5-17(23)20(16)31(29,30)26-9-6-13(7-10-26)21(28)27-8-2-3-15-18(25)11-14(24)12-19(15)27/h1,4-5,11-13H,2-3,6-10H2. The number of hydrogen-bond donors (Lipinski definition) is 0. The van der Waals surface area contributed by atoms with E-state index >= 15 is 0 Å². The van der Waals surface area contributed by atoms with Crippen molar-refractivity contribution in [3.8, 4) is 0 Å². The van der Waals surface area contributed by atoms with Crippen LogP contribution in [0.2, 0.25) is 10.0 Å². The van der Waals surface area contributed by atoms with Crippen molar-refractivity contribution in [3.05, 3.63) is 57.6 Å². The number of fused-ring (bicyclic) bond motifs is 1. The fraction of sp³-hybridized carbons (Fsp3) is 0.381. The highest BCUT2D eigenvalue weighted by Gasteiger charge is 2.37. The number of nitrogens with zero attached hydrogens (tertiary/aromatic N) is 2. The highest BCUT2D eigenvalue weighted by molar-refractivity contribution is 7.89. The van der Waals surface area contributed by atoms with Gasteiger partial charge < -0.3 is 4.90 Å². The Morgan fingerprint density at radius 1 is 1.03 bits per heavy atom. The van der Waals surface area contributed by atoms with E-state index in [1.165, 1.54) is 27.4 Å². The van der Waals surface area contributed by atoms with Crippen molar-refractivity contribution < 1.29 is 22.0 Å². The molecule has 1 amide bonds. The van der Waals surface area contributed by atoms with Gasteiger partial charge in [-0.1, -0.05) is 29.3 Å².